The Balaban J connectivity index is 4.90. The molecular weight excluding hydrogens is 208 g/mol. The van der Waals surface area contributed by atoms with Crippen molar-refractivity contribution < 1.29 is 17.6 Å². The summed E-state index contributed by atoms with van der Waals surface area (Å²) >= 11 is 0. The van der Waals surface area contributed by atoms with Crippen LogP contribution in [0.1, 0.15) is 47.0 Å². The van der Waals surface area contributed by atoms with Gasteiger partial charge in [-0.2, -0.15) is 0 Å². The van der Waals surface area contributed by atoms with E-state index in [0.29, 0.717) is 19.8 Å². The number of alkyl halides is 4. The van der Waals surface area contributed by atoms with E-state index in [9.17, 15) is 17.6 Å². The molecule has 0 bridgehead atoms. The Kier molecular flexibility index (Phi) is 5.07. The van der Waals surface area contributed by atoms with E-state index in [2.05, 4.69) is 0 Å². The highest BCUT2D eigenvalue weighted by Gasteiger charge is 2.52. The second-order valence-electron chi connectivity index (χ2n) is 4.31. The van der Waals surface area contributed by atoms with E-state index in [4.69, 9.17) is 0 Å². The third-order valence-corrected chi connectivity index (χ3v) is 2.79. The Bertz CT molecular complexity index is 184. The van der Waals surface area contributed by atoms with Crippen molar-refractivity contribution in [3.8, 4) is 0 Å². The molecule has 0 radical (unpaired) electrons. The molecule has 0 aromatic rings. The van der Waals surface area contributed by atoms with Gasteiger partial charge in [0, 0.05) is 6.42 Å². The molecule has 0 N–H and O–H groups in total. The van der Waals surface area contributed by atoms with E-state index in [1.165, 1.54) is 13.8 Å². The molecule has 4 heteroatoms. The fourth-order valence-corrected chi connectivity index (χ4v) is 2.13. The number of rotatable bonds is 6. The van der Waals surface area contributed by atoms with Gasteiger partial charge in [0.25, 0.3) is 11.8 Å². The minimum absolute atomic E-state index is 0.406. The molecule has 0 aromatic heterocycles. The molecule has 0 fully saturated rings. The lowest BCUT2D eigenvalue weighted by molar-refractivity contribution is -0.184. The lowest BCUT2D eigenvalue weighted by Crippen LogP contribution is -2.44. The minimum Gasteiger partial charge on any atom is -0.207 e. The monoisotopic (exact) mass is 228 g/mol. The highest BCUT2D eigenvalue weighted by atomic mass is 19.3. The summed E-state index contributed by atoms with van der Waals surface area (Å²) in [6, 6.07) is 0. The molecular formula is C11H20F4. The second kappa shape index (κ2) is 5.17. The molecule has 0 aliphatic heterocycles. The highest BCUT2D eigenvalue weighted by Crippen LogP contribution is 2.44. The first-order valence-corrected chi connectivity index (χ1v) is 5.42. The van der Waals surface area contributed by atoms with Gasteiger partial charge in [-0.1, -0.05) is 33.6 Å². The van der Waals surface area contributed by atoms with Crippen LogP contribution in [0.3, 0.4) is 0 Å². The zero-order valence-electron chi connectivity index (χ0n) is 9.79. The molecule has 0 aliphatic carbocycles. The molecule has 15 heavy (non-hydrogen) atoms. The Hall–Kier alpha value is -0.280. The van der Waals surface area contributed by atoms with E-state index in [1.54, 1.807) is 0 Å². The van der Waals surface area contributed by atoms with Crippen molar-refractivity contribution in [3.05, 3.63) is 0 Å². The first kappa shape index (κ1) is 14.7. The maximum Gasteiger partial charge on any atom is 0.256 e. The topological polar surface area (TPSA) is 0 Å². The van der Waals surface area contributed by atoms with Crippen LogP contribution in [0.15, 0.2) is 0 Å². The van der Waals surface area contributed by atoms with Crippen molar-refractivity contribution >= 4 is 0 Å². The maximum absolute atomic E-state index is 13.4. The third-order valence-electron chi connectivity index (χ3n) is 2.79. The Morgan fingerprint density at radius 3 is 1.80 bits per heavy atom. The second-order valence-corrected chi connectivity index (χ2v) is 4.31. The average Bonchev–Trinajstić information content (AvgIpc) is 2.01. The molecule has 0 amide bonds. The van der Waals surface area contributed by atoms with Gasteiger partial charge in [0.1, 0.15) is 0 Å². The van der Waals surface area contributed by atoms with E-state index in [-0.39, 0.29) is 0 Å². The summed E-state index contributed by atoms with van der Waals surface area (Å²) in [4.78, 5) is 0. The predicted molar refractivity (Wildman–Crippen MR) is 53.4 cm³/mol. The minimum atomic E-state index is -3.33. The van der Waals surface area contributed by atoms with Crippen LogP contribution in [0, 0.1) is 11.8 Å². The van der Waals surface area contributed by atoms with Gasteiger partial charge in [-0.15, -0.1) is 0 Å². The van der Waals surface area contributed by atoms with Gasteiger partial charge in [0.2, 0.25) is 0 Å². The van der Waals surface area contributed by atoms with Crippen LogP contribution < -0.4 is 0 Å². The molecule has 0 heterocycles. The fraction of sp³-hybridized carbons (Fsp3) is 1.00. The Labute approximate surface area is 89.1 Å². The van der Waals surface area contributed by atoms with Crippen molar-refractivity contribution in [2.75, 3.05) is 0 Å². The van der Waals surface area contributed by atoms with Crippen molar-refractivity contribution in [1.82, 2.24) is 0 Å². The zero-order valence-corrected chi connectivity index (χ0v) is 9.79. The predicted octanol–water partition coefficient (Wildman–Crippen LogP) is 4.74. The quantitative estimate of drug-likeness (QED) is 0.576. The van der Waals surface area contributed by atoms with Gasteiger partial charge in [0.05, 0.1) is 5.92 Å². The lowest BCUT2D eigenvalue weighted by Gasteiger charge is -2.35. The molecule has 0 aromatic carbocycles. The zero-order chi connectivity index (χ0) is 12.3. The first-order valence-electron chi connectivity index (χ1n) is 5.42. The summed E-state index contributed by atoms with van der Waals surface area (Å²) < 4.78 is 53.1. The number of halogens is 4. The molecule has 2 atom stereocenters. The van der Waals surface area contributed by atoms with E-state index >= 15 is 0 Å². The largest absolute Gasteiger partial charge is 0.256 e. The van der Waals surface area contributed by atoms with Gasteiger partial charge in [0.15, 0.2) is 0 Å². The highest BCUT2D eigenvalue weighted by molar-refractivity contribution is 4.88. The number of hydrogen-bond donors (Lipinski definition) is 0. The summed E-state index contributed by atoms with van der Waals surface area (Å²) in [7, 11) is 0. The van der Waals surface area contributed by atoms with Crippen molar-refractivity contribution in [2.45, 2.75) is 58.8 Å². The molecule has 0 aliphatic rings. The Morgan fingerprint density at radius 2 is 1.53 bits per heavy atom. The smallest absolute Gasteiger partial charge is 0.207 e. The summed E-state index contributed by atoms with van der Waals surface area (Å²) in [5.41, 5.74) is 0. The van der Waals surface area contributed by atoms with Crippen LogP contribution in [-0.4, -0.2) is 11.8 Å². The summed E-state index contributed by atoms with van der Waals surface area (Å²) in [5.74, 6) is -9.12. The standard InChI is InChI=1S/C11H20F4/c1-5-7-8(3)9(10(4,12)13)11(14,15)6-2/h8-9H,5-7H2,1-4H3. The molecule has 92 valence electrons. The van der Waals surface area contributed by atoms with Crippen LogP contribution in [-0.2, 0) is 0 Å². The average molecular weight is 228 g/mol. The fourth-order valence-electron chi connectivity index (χ4n) is 2.13. The normalized spacial score (nSPS) is 17.6. The van der Waals surface area contributed by atoms with Gasteiger partial charge in [-0.3, -0.25) is 0 Å². The van der Waals surface area contributed by atoms with Gasteiger partial charge >= 0.3 is 0 Å². The van der Waals surface area contributed by atoms with Crippen LogP contribution in [0.5, 0.6) is 0 Å². The van der Waals surface area contributed by atoms with Gasteiger partial charge in [-0.05, 0) is 12.8 Å². The Morgan fingerprint density at radius 1 is 1.07 bits per heavy atom. The maximum atomic E-state index is 13.4. The number of hydrogen-bond acceptors (Lipinski definition) is 0. The SMILES string of the molecule is CCCC(C)C(C(C)(F)F)C(F)(F)CC. The van der Waals surface area contributed by atoms with Crippen LogP contribution in [0.25, 0.3) is 0 Å². The van der Waals surface area contributed by atoms with Crippen LogP contribution in [0.4, 0.5) is 17.6 Å². The van der Waals surface area contributed by atoms with Crippen LogP contribution in [0.2, 0.25) is 0 Å². The van der Waals surface area contributed by atoms with E-state index in [1.807, 2.05) is 6.92 Å². The summed E-state index contributed by atoms with van der Waals surface area (Å²) in [6.07, 6.45) is 0.520. The van der Waals surface area contributed by atoms with Crippen molar-refractivity contribution in [2.24, 2.45) is 11.8 Å². The third kappa shape index (κ3) is 3.99. The summed E-state index contributed by atoms with van der Waals surface area (Å²) in [5, 5.41) is 0. The van der Waals surface area contributed by atoms with Crippen molar-refractivity contribution in [3.63, 3.8) is 0 Å². The van der Waals surface area contributed by atoms with Crippen molar-refractivity contribution in [1.29, 1.82) is 0 Å². The molecule has 0 rings (SSSR count). The molecule has 0 saturated heterocycles. The van der Waals surface area contributed by atoms with Gasteiger partial charge in [-0.25, -0.2) is 17.6 Å². The first-order chi connectivity index (χ1) is 6.66. The summed E-state index contributed by atoms with van der Waals surface area (Å²) in [6.45, 7) is 5.13. The van der Waals surface area contributed by atoms with Crippen LogP contribution >= 0.6 is 0 Å². The molecule has 0 spiro atoms. The molecule has 0 saturated carbocycles. The van der Waals surface area contributed by atoms with Gasteiger partial charge < -0.3 is 0 Å². The van der Waals surface area contributed by atoms with E-state index in [0.717, 1.165) is 0 Å². The molecule has 2 unspecified atom stereocenters. The lowest BCUT2D eigenvalue weighted by atomic mass is 9.80. The van der Waals surface area contributed by atoms with E-state index < -0.39 is 30.1 Å². The molecule has 0 nitrogen and oxygen atoms in total.